The molecule has 0 bridgehead atoms. The van der Waals surface area contributed by atoms with Crippen molar-refractivity contribution in [3.05, 3.63) is 72.3 Å². The number of carbonyl (C=O) groups excluding carboxylic acids is 1. The molecular weight excluding hydrogens is 497 g/mol. The van der Waals surface area contributed by atoms with Crippen molar-refractivity contribution in [3.8, 4) is 28.7 Å². The first kappa shape index (κ1) is 26.6. The number of aliphatic hydroxyl groups excluding tert-OH is 1. The number of phosphoric ester groups is 1. The molecule has 3 aromatic rings. The average Bonchev–Trinajstić information content (AvgIpc) is 3.31. The maximum Gasteiger partial charge on any atom is 0.469 e. The first-order valence-electron chi connectivity index (χ1n) is 11.6. The van der Waals surface area contributed by atoms with E-state index in [1.807, 2.05) is 48.5 Å². The van der Waals surface area contributed by atoms with E-state index in [1.54, 1.807) is 24.9 Å². The Balaban J connectivity index is 1.44. The van der Waals surface area contributed by atoms with Crippen LogP contribution in [0.2, 0.25) is 0 Å². The van der Waals surface area contributed by atoms with Crippen LogP contribution >= 0.6 is 7.82 Å². The maximum atomic E-state index is 11.3. The molecule has 1 saturated heterocycles. The topological polar surface area (TPSA) is 134 Å². The predicted octanol–water partition coefficient (Wildman–Crippen LogP) is 2.92. The Morgan fingerprint density at radius 2 is 1.76 bits per heavy atom. The fourth-order valence-electron chi connectivity index (χ4n) is 3.87. The van der Waals surface area contributed by atoms with Gasteiger partial charge in [-0.1, -0.05) is 36.1 Å². The van der Waals surface area contributed by atoms with Gasteiger partial charge in [0, 0.05) is 24.9 Å². The molecule has 1 aliphatic rings. The normalized spacial score (nSPS) is 15.3. The number of benzene rings is 2. The van der Waals surface area contributed by atoms with Crippen LogP contribution in [0.15, 0.2) is 60.9 Å². The second-order valence-electron chi connectivity index (χ2n) is 8.71. The van der Waals surface area contributed by atoms with Crippen molar-refractivity contribution in [2.24, 2.45) is 0 Å². The van der Waals surface area contributed by atoms with Gasteiger partial charge in [0.15, 0.2) is 0 Å². The van der Waals surface area contributed by atoms with Gasteiger partial charge in [0.25, 0.3) is 0 Å². The lowest BCUT2D eigenvalue weighted by Crippen LogP contribution is -2.55. The molecule has 11 heteroatoms. The number of aromatic nitrogens is 2. The molecule has 0 aliphatic carbocycles. The van der Waals surface area contributed by atoms with Gasteiger partial charge in [0.2, 0.25) is 5.91 Å². The van der Waals surface area contributed by atoms with Crippen LogP contribution in [-0.2, 0) is 13.9 Å². The quantitative estimate of drug-likeness (QED) is 0.302. The number of likely N-dealkylation sites (tertiary alicyclic amines) is 1. The molecule has 0 saturated carbocycles. The van der Waals surface area contributed by atoms with Crippen molar-refractivity contribution < 1.29 is 33.5 Å². The van der Waals surface area contributed by atoms with Crippen molar-refractivity contribution in [2.45, 2.75) is 32.1 Å². The van der Waals surface area contributed by atoms with Crippen LogP contribution in [0.5, 0.6) is 5.75 Å². The number of carbonyl (C=O) groups is 1. The number of amides is 1. The standard InChI is InChI=1S/C26H28N3O7P/c1-18(30)26-27-13-14-29(26)23(17-35-37(32,33)34)10-5-20-3-6-21(7-4-20)22-8-11-24(12-9-22)36-25-15-28(16-25)19(2)31/h3-4,6-9,11-14,18,23,25,30H,15-17H2,1-2H3,(H2,32,33,34)/t18-,23-/m0/s1. The Hall–Kier alpha value is -3.45. The summed E-state index contributed by atoms with van der Waals surface area (Å²) in [5, 5.41) is 9.95. The molecule has 0 unspecified atom stereocenters. The second-order valence-corrected chi connectivity index (χ2v) is 9.95. The highest BCUT2D eigenvalue weighted by atomic mass is 31.2. The van der Waals surface area contributed by atoms with Gasteiger partial charge in [-0.3, -0.25) is 9.32 Å². The summed E-state index contributed by atoms with van der Waals surface area (Å²) >= 11 is 0. The van der Waals surface area contributed by atoms with E-state index in [0.717, 1.165) is 16.9 Å². The number of rotatable bonds is 8. The van der Waals surface area contributed by atoms with Gasteiger partial charge in [-0.2, -0.15) is 0 Å². The fraction of sp³-hybridized carbons (Fsp3) is 0.308. The summed E-state index contributed by atoms with van der Waals surface area (Å²) in [6, 6.07) is 14.5. The minimum atomic E-state index is -4.70. The fourth-order valence-corrected chi connectivity index (χ4v) is 4.21. The summed E-state index contributed by atoms with van der Waals surface area (Å²) in [5.74, 6) is 7.09. The van der Waals surface area contributed by atoms with E-state index >= 15 is 0 Å². The Morgan fingerprint density at radius 1 is 1.14 bits per heavy atom. The van der Waals surface area contributed by atoms with Crippen LogP contribution in [-0.4, -0.2) is 61.1 Å². The highest BCUT2D eigenvalue weighted by Crippen LogP contribution is 2.37. The number of imidazole rings is 1. The summed E-state index contributed by atoms with van der Waals surface area (Å²) in [6.45, 7) is 3.92. The van der Waals surface area contributed by atoms with Crippen LogP contribution in [0, 0.1) is 11.8 Å². The van der Waals surface area contributed by atoms with Gasteiger partial charge in [-0.15, -0.1) is 0 Å². The monoisotopic (exact) mass is 525 g/mol. The van der Waals surface area contributed by atoms with E-state index in [-0.39, 0.29) is 18.6 Å². The van der Waals surface area contributed by atoms with Crippen molar-refractivity contribution in [2.75, 3.05) is 19.7 Å². The average molecular weight is 525 g/mol. The third-order valence-corrected chi connectivity index (χ3v) is 6.35. The number of ether oxygens (including phenoxy) is 1. The summed E-state index contributed by atoms with van der Waals surface area (Å²) in [7, 11) is -4.70. The minimum Gasteiger partial charge on any atom is -0.487 e. The Kier molecular flexibility index (Phi) is 8.13. The Morgan fingerprint density at radius 3 is 2.32 bits per heavy atom. The molecular formula is C26H28N3O7P. The molecule has 1 amide bonds. The molecule has 1 fully saturated rings. The molecule has 2 atom stereocenters. The van der Waals surface area contributed by atoms with Crippen molar-refractivity contribution in [3.63, 3.8) is 0 Å². The predicted molar refractivity (Wildman–Crippen MR) is 135 cm³/mol. The molecule has 2 heterocycles. The lowest BCUT2D eigenvalue weighted by atomic mass is 10.0. The third-order valence-electron chi connectivity index (χ3n) is 5.86. The lowest BCUT2D eigenvalue weighted by molar-refractivity contribution is -0.137. The molecule has 1 aromatic heterocycles. The number of hydrogen-bond donors (Lipinski definition) is 3. The van der Waals surface area contributed by atoms with Gasteiger partial charge in [-0.05, 0) is 42.3 Å². The zero-order valence-electron chi connectivity index (χ0n) is 20.4. The molecule has 10 nitrogen and oxygen atoms in total. The van der Waals surface area contributed by atoms with Crippen LogP contribution in [0.1, 0.15) is 37.4 Å². The van der Waals surface area contributed by atoms with Crippen molar-refractivity contribution >= 4 is 13.7 Å². The van der Waals surface area contributed by atoms with E-state index in [0.29, 0.717) is 24.5 Å². The summed E-state index contributed by atoms with van der Waals surface area (Å²) in [6.07, 6.45) is 2.18. The van der Waals surface area contributed by atoms with Crippen LogP contribution in [0.4, 0.5) is 0 Å². The first-order chi connectivity index (χ1) is 17.6. The molecule has 194 valence electrons. The molecule has 37 heavy (non-hydrogen) atoms. The highest BCUT2D eigenvalue weighted by Gasteiger charge is 2.30. The van der Waals surface area contributed by atoms with Gasteiger partial charge in [-0.25, -0.2) is 9.55 Å². The number of aliphatic hydroxyl groups is 1. The van der Waals surface area contributed by atoms with E-state index in [9.17, 15) is 14.5 Å². The van der Waals surface area contributed by atoms with Crippen LogP contribution in [0.3, 0.4) is 0 Å². The van der Waals surface area contributed by atoms with Gasteiger partial charge in [0.1, 0.15) is 29.8 Å². The molecule has 0 spiro atoms. The molecule has 3 N–H and O–H groups in total. The van der Waals surface area contributed by atoms with Crippen molar-refractivity contribution in [1.29, 1.82) is 0 Å². The second kappa shape index (κ2) is 11.3. The zero-order chi connectivity index (χ0) is 26.6. The Bertz CT molecular complexity index is 1330. The third kappa shape index (κ3) is 7.07. The highest BCUT2D eigenvalue weighted by molar-refractivity contribution is 7.46. The Labute approximate surface area is 214 Å². The van der Waals surface area contributed by atoms with Gasteiger partial charge >= 0.3 is 7.82 Å². The van der Waals surface area contributed by atoms with Gasteiger partial charge < -0.3 is 29.1 Å². The summed E-state index contributed by atoms with van der Waals surface area (Å²) in [5.41, 5.74) is 2.68. The first-order valence-corrected chi connectivity index (χ1v) is 13.2. The van der Waals surface area contributed by atoms with Gasteiger partial charge in [0.05, 0.1) is 19.7 Å². The van der Waals surface area contributed by atoms with E-state index in [4.69, 9.17) is 14.5 Å². The lowest BCUT2D eigenvalue weighted by Gasteiger charge is -2.38. The van der Waals surface area contributed by atoms with E-state index in [2.05, 4.69) is 21.3 Å². The number of nitrogens with zero attached hydrogens (tertiary/aromatic N) is 3. The minimum absolute atomic E-state index is 0.0162. The largest absolute Gasteiger partial charge is 0.487 e. The van der Waals surface area contributed by atoms with E-state index < -0.39 is 20.0 Å². The maximum absolute atomic E-state index is 11.3. The molecule has 2 aromatic carbocycles. The zero-order valence-corrected chi connectivity index (χ0v) is 21.3. The smallest absolute Gasteiger partial charge is 0.469 e. The number of phosphoric acid groups is 1. The van der Waals surface area contributed by atoms with Crippen molar-refractivity contribution in [1.82, 2.24) is 14.5 Å². The number of hydrogen-bond acceptors (Lipinski definition) is 6. The van der Waals surface area contributed by atoms with Crippen LogP contribution < -0.4 is 4.74 Å². The summed E-state index contributed by atoms with van der Waals surface area (Å²) in [4.78, 5) is 35.4. The van der Waals surface area contributed by atoms with E-state index in [1.165, 1.54) is 10.8 Å². The molecule has 1 aliphatic heterocycles. The SMILES string of the molecule is CC(=O)N1CC(Oc2ccc(-c3ccc(C#C[C@@H](COP(=O)(O)O)n4ccnc4[C@H](C)O)cc3)cc2)C1. The van der Waals surface area contributed by atoms with Crippen LogP contribution in [0.25, 0.3) is 11.1 Å². The molecule has 4 rings (SSSR count). The summed E-state index contributed by atoms with van der Waals surface area (Å²) < 4.78 is 23.3. The molecule has 0 radical (unpaired) electrons.